The van der Waals surface area contributed by atoms with E-state index in [1.54, 1.807) is 19.1 Å². The van der Waals surface area contributed by atoms with Crippen molar-refractivity contribution in [1.82, 2.24) is 0 Å². The minimum Gasteiger partial charge on any atom is -0.491 e. The zero-order valence-electron chi connectivity index (χ0n) is 9.23. The van der Waals surface area contributed by atoms with Crippen LogP contribution in [0.2, 0.25) is 0 Å². The van der Waals surface area contributed by atoms with Crippen molar-refractivity contribution >= 4 is 5.97 Å². The minimum absolute atomic E-state index is 0.0483. The third-order valence-corrected chi connectivity index (χ3v) is 2.12. The summed E-state index contributed by atoms with van der Waals surface area (Å²) in [6, 6.07) is 7.25. The molecular formula is C12H16O3. The highest BCUT2D eigenvalue weighted by Gasteiger charge is 2.18. The maximum absolute atomic E-state index is 10.9. The first kappa shape index (κ1) is 11.6. The lowest BCUT2D eigenvalue weighted by Gasteiger charge is -2.16. The van der Waals surface area contributed by atoms with E-state index >= 15 is 0 Å². The molecule has 0 fully saturated rings. The van der Waals surface area contributed by atoms with Gasteiger partial charge in [0.05, 0.1) is 12.0 Å². The molecule has 1 aromatic rings. The van der Waals surface area contributed by atoms with Crippen molar-refractivity contribution in [3.05, 3.63) is 29.8 Å². The molecule has 0 amide bonds. The number of ether oxygens (including phenoxy) is 1. The smallest absolute Gasteiger partial charge is 0.310 e. The second kappa shape index (κ2) is 4.82. The van der Waals surface area contributed by atoms with Gasteiger partial charge in [-0.1, -0.05) is 18.2 Å². The standard InChI is InChI=1S/C12H16O3/c1-8(2)15-11-7-5-4-6-10(11)9(3)12(13)14/h4-9H,1-3H3,(H,13,14). The molecule has 0 saturated heterocycles. The van der Waals surface area contributed by atoms with Crippen molar-refractivity contribution < 1.29 is 14.6 Å². The van der Waals surface area contributed by atoms with Crippen molar-refractivity contribution in [2.24, 2.45) is 0 Å². The summed E-state index contributed by atoms with van der Waals surface area (Å²) >= 11 is 0. The molecule has 0 bridgehead atoms. The Balaban J connectivity index is 3.00. The van der Waals surface area contributed by atoms with Gasteiger partial charge in [0.25, 0.3) is 0 Å². The van der Waals surface area contributed by atoms with Crippen LogP contribution >= 0.6 is 0 Å². The molecular weight excluding hydrogens is 192 g/mol. The Morgan fingerprint density at radius 3 is 2.40 bits per heavy atom. The molecule has 1 N–H and O–H groups in total. The molecule has 1 unspecified atom stereocenters. The number of rotatable bonds is 4. The zero-order valence-corrected chi connectivity index (χ0v) is 9.23. The summed E-state index contributed by atoms with van der Waals surface area (Å²) < 4.78 is 5.55. The van der Waals surface area contributed by atoms with E-state index in [0.717, 1.165) is 5.56 Å². The van der Waals surface area contributed by atoms with Gasteiger partial charge in [0, 0.05) is 5.56 Å². The first-order valence-corrected chi connectivity index (χ1v) is 5.00. The van der Waals surface area contributed by atoms with E-state index in [9.17, 15) is 4.79 Å². The van der Waals surface area contributed by atoms with Crippen LogP contribution < -0.4 is 4.74 Å². The normalized spacial score (nSPS) is 12.5. The lowest BCUT2D eigenvalue weighted by molar-refractivity contribution is -0.138. The Morgan fingerprint density at radius 2 is 1.87 bits per heavy atom. The first-order valence-electron chi connectivity index (χ1n) is 5.00. The first-order chi connectivity index (χ1) is 7.02. The number of carboxylic acid groups (broad SMARTS) is 1. The van der Waals surface area contributed by atoms with Gasteiger partial charge >= 0.3 is 5.97 Å². The van der Waals surface area contributed by atoms with Gasteiger partial charge in [0.1, 0.15) is 5.75 Å². The van der Waals surface area contributed by atoms with Crippen molar-refractivity contribution in [2.75, 3.05) is 0 Å². The van der Waals surface area contributed by atoms with E-state index < -0.39 is 11.9 Å². The topological polar surface area (TPSA) is 46.5 Å². The number of hydrogen-bond donors (Lipinski definition) is 1. The van der Waals surface area contributed by atoms with Crippen LogP contribution in [0.15, 0.2) is 24.3 Å². The van der Waals surface area contributed by atoms with Crippen LogP contribution in [0.3, 0.4) is 0 Å². The molecule has 1 atom stereocenters. The average molecular weight is 208 g/mol. The number of carbonyl (C=O) groups is 1. The predicted molar refractivity (Wildman–Crippen MR) is 58.3 cm³/mol. The van der Waals surface area contributed by atoms with Gasteiger partial charge in [0.2, 0.25) is 0 Å². The van der Waals surface area contributed by atoms with Gasteiger partial charge < -0.3 is 9.84 Å². The predicted octanol–water partition coefficient (Wildman–Crippen LogP) is 2.66. The molecule has 3 heteroatoms. The molecule has 82 valence electrons. The maximum atomic E-state index is 10.9. The minimum atomic E-state index is -0.838. The van der Waals surface area contributed by atoms with Crippen LogP contribution in [0.4, 0.5) is 0 Å². The van der Waals surface area contributed by atoms with Crippen LogP contribution in [0.1, 0.15) is 32.3 Å². The van der Waals surface area contributed by atoms with Crippen molar-refractivity contribution in [3.8, 4) is 5.75 Å². The highest BCUT2D eigenvalue weighted by Crippen LogP contribution is 2.27. The summed E-state index contributed by atoms with van der Waals surface area (Å²) in [6.07, 6.45) is 0.0483. The number of carboxylic acids is 1. The quantitative estimate of drug-likeness (QED) is 0.827. The molecule has 0 aromatic heterocycles. The largest absolute Gasteiger partial charge is 0.491 e. The molecule has 0 radical (unpaired) electrons. The molecule has 1 aromatic carbocycles. The second-order valence-corrected chi connectivity index (χ2v) is 3.76. The number of benzene rings is 1. The Bertz CT molecular complexity index is 344. The third-order valence-electron chi connectivity index (χ3n) is 2.12. The van der Waals surface area contributed by atoms with Crippen molar-refractivity contribution in [2.45, 2.75) is 32.8 Å². The molecule has 3 nitrogen and oxygen atoms in total. The molecule has 1 rings (SSSR count). The SMILES string of the molecule is CC(C)Oc1ccccc1C(C)C(=O)O. The van der Waals surface area contributed by atoms with Crippen molar-refractivity contribution in [3.63, 3.8) is 0 Å². The van der Waals surface area contributed by atoms with Gasteiger partial charge in [-0.15, -0.1) is 0 Å². The summed E-state index contributed by atoms with van der Waals surface area (Å²) in [5, 5.41) is 8.94. The Morgan fingerprint density at radius 1 is 1.27 bits per heavy atom. The van der Waals surface area contributed by atoms with Crippen LogP contribution in [0.25, 0.3) is 0 Å². The third kappa shape index (κ3) is 2.98. The summed E-state index contributed by atoms with van der Waals surface area (Å²) in [5.74, 6) is -0.725. The van der Waals surface area contributed by atoms with Gasteiger partial charge in [-0.25, -0.2) is 0 Å². The van der Waals surface area contributed by atoms with Gasteiger partial charge in [-0.2, -0.15) is 0 Å². The van der Waals surface area contributed by atoms with Gasteiger partial charge in [0.15, 0.2) is 0 Å². The zero-order chi connectivity index (χ0) is 11.4. The lowest BCUT2D eigenvalue weighted by Crippen LogP contribution is -2.12. The fourth-order valence-corrected chi connectivity index (χ4v) is 1.33. The Hall–Kier alpha value is -1.51. The van der Waals surface area contributed by atoms with Crippen LogP contribution in [-0.4, -0.2) is 17.2 Å². The van der Waals surface area contributed by atoms with E-state index in [1.165, 1.54) is 0 Å². The Kier molecular flexibility index (Phi) is 3.72. The summed E-state index contributed by atoms with van der Waals surface area (Å²) in [7, 11) is 0. The van der Waals surface area contributed by atoms with E-state index in [4.69, 9.17) is 9.84 Å². The highest BCUT2D eigenvalue weighted by molar-refractivity contribution is 5.76. The Labute approximate surface area is 89.7 Å². The van der Waals surface area contributed by atoms with E-state index in [0.29, 0.717) is 5.75 Å². The fourth-order valence-electron chi connectivity index (χ4n) is 1.33. The van der Waals surface area contributed by atoms with E-state index in [1.807, 2.05) is 26.0 Å². The molecule has 0 spiro atoms. The number of para-hydroxylation sites is 1. The van der Waals surface area contributed by atoms with Crippen LogP contribution in [0.5, 0.6) is 5.75 Å². The average Bonchev–Trinajstić information content (AvgIpc) is 2.16. The van der Waals surface area contributed by atoms with Crippen molar-refractivity contribution in [1.29, 1.82) is 0 Å². The van der Waals surface area contributed by atoms with Gasteiger partial charge in [-0.3, -0.25) is 4.79 Å². The molecule has 0 aliphatic heterocycles. The molecule has 0 aliphatic rings. The summed E-state index contributed by atoms with van der Waals surface area (Å²) in [4.78, 5) is 10.9. The summed E-state index contributed by atoms with van der Waals surface area (Å²) in [6.45, 7) is 5.50. The maximum Gasteiger partial charge on any atom is 0.310 e. The second-order valence-electron chi connectivity index (χ2n) is 3.76. The fraction of sp³-hybridized carbons (Fsp3) is 0.417. The highest BCUT2D eigenvalue weighted by atomic mass is 16.5. The molecule has 0 saturated carbocycles. The van der Waals surface area contributed by atoms with Crippen LogP contribution in [-0.2, 0) is 4.79 Å². The van der Waals surface area contributed by atoms with E-state index in [2.05, 4.69) is 0 Å². The molecule has 15 heavy (non-hydrogen) atoms. The lowest BCUT2D eigenvalue weighted by atomic mass is 10.0. The summed E-state index contributed by atoms with van der Waals surface area (Å²) in [5.41, 5.74) is 0.721. The number of hydrogen-bond acceptors (Lipinski definition) is 2. The molecule has 0 heterocycles. The van der Waals surface area contributed by atoms with E-state index in [-0.39, 0.29) is 6.10 Å². The van der Waals surface area contributed by atoms with Crippen LogP contribution in [0, 0.1) is 0 Å². The molecule has 0 aliphatic carbocycles. The number of aliphatic carboxylic acids is 1. The monoisotopic (exact) mass is 208 g/mol. The van der Waals surface area contributed by atoms with Gasteiger partial charge in [-0.05, 0) is 26.8 Å².